The van der Waals surface area contributed by atoms with Gasteiger partial charge in [-0.3, -0.25) is 5.41 Å². The fourth-order valence-corrected chi connectivity index (χ4v) is 1.11. The molecule has 0 atom stereocenters. The molecule has 0 aliphatic carbocycles. The number of pyridine rings is 1. The lowest BCUT2D eigenvalue weighted by Gasteiger charge is -2.10. The van der Waals surface area contributed by atoms with Crippen molar-refractivity contribution in [2.75, 3.05) is 6.61 Å². The molecule has 0 spiro atoms. The van der Waals surface area contributed by atoms with Crippen molar-refractivity contribution in [3.05, 3.63) is 24.0 Å². The van der Waals surface area contributed by atoms with Crippen LogP contribution in [0.2, 0.25) is 0 Å². The van der Waals surface area contributed by atoms with Crippen molar-refractivity contribution in [3.8, 4) is 5.75 Å². The monoisotopic (exact) mass is 207 g/mol. The molecule has 0 radical (unpaired) electrons. The summed E-state index contributed by atoms with van der Waals surface area (Å²) in [5.74, 6) is 1.13. The fraction of sp³-hybridized carbons (Fsp3) is 0.455. The average molecular weight is 207 g/mol. The Bertz CT molecular complexity index is 336. The van der Waals surface area contributed by atoms with Crippen LogP contribution in [0.25, 0.3) is 0 Å². The first-order valence-electron chi connectivity index (χ1n) is 5.03. The summed E-state index contributed by atoms with van der Waals surface area (Å²) in [6.45, 7) is 4.90. The van der Waals surface area contributed by atoms with Gasteiger partial charge in [0.25, 0.3) is 0 Å². The summed E-state index contributed by atoms with van der Waals surface area (Å²) in [5, 5.41) is 7.33. The number of rotatable bonds is 5. The van der Waals surface area contributed by atoms with E-state index in [0.717, 1.165) is 6.42 Å². The first-order chi connectivity index (χ1) is 7.11. The number of nitrogens with one attached hydrogen (secondary N) is 1. The summed E-state index contributed by atoms with van der Waals surface area (Å²) >= 11 is 0. The third-order valence-electron chi connectivity index (χ3n) is 1.98. The van der Waals surface area contributed by atoms with Gasteiger partial charge >= 0.3 is 0 Å². The third kappa shape index (κ3) is 3.58. The number of ether oxygens (including phenoxy) is 1. The maximum atomic E-state index is 7.33. The van der Waals surface area contributed by atoms with Crippen molar-refractivity contribution in [1.29, 1.82) is 5.41 Å². The third-order valence-corrected chi connectivity index (χ3v) is 1.98. The van der Waals surface area contributed by atoms with Crippen LogP contribution in [0.3, 0.4) is 0 Å². The summed E-state index contributed by atoms with van der Waals surface area (Å²) < 4.78 is 5.53. The number of nitrogen functional groups attached to an aromatic ring is 1. The first-order valence-corrected chi connectivity index (χ1v) is 5.03. The van der Waals surface area contributed by atoms with Crippen LogP contribution in [-0.2, 0) is 0 Å². The highest BCUT2D eigenvalue weighted by molar-refractivity contribution is 5.95. The summed E-state index contributed by atoms with van der Waals surface area (Å²) in [7, 11) is 0. The van der Waals surface area contributed by atoms with E-state index in [1.165, 1.54) is 0 Å². The van der Waals surface area contributed by atoms with Gasteiger partial charge in [0.1, 0.15) is 17.3 Å². The molecule has 82 valence electrons. The SMILES string of the molecule is CC(C)CCOc1cccnc1C(=N)N. The molecule has 1 aromatic rings. The Morgan fingerprint density at radius 2 is 2.33 bits per heavy atom. The first kappa shape index (κ1) is 11.5. The quantitative estimate of drug-likeness (QED) is 0.571. The van der Waals surface area contributed by atoms with E-state index in [1.54, 1.807) is 18.3 Å². The molecule has 0 saturated heterocycles. The van der Waals surface area contributed by atoms with Crippen molar-refractivity contribution >= 4 is 5.84 Å². The van der Waals surface area contributed by atoms with Crippen molar-refractivity contribution in [3.63, 3.8) is 0 Å². The molecule has 1 rings (SSSR count). The highest BCUT2D eigenvalue weighted by Gasteiger charge is 2.07. The normalized spacial score (nSPS) is 10.3. The number of nitrogens with zero attached hydrogens (tertiary/aromatic N) is 1. The van der Waals surface area contributed by atoms with E-state index >= 15 is 0 Å². The molecule has 4 heteroatoms. The molecule has 0 bridgehead atoms. The molecule has 15 heavy (non-hydrogen) atoms. The molecule has 1 heterocycles. The van der Waals surface area contributed by atoms with Crippen LogP contribution in [0.1, 0.15) is 26.0 Å². The van der Waals surface area contributed by atoms with Gasteiger partial charge in [0.2, 0.25) is 0 Å². The van der Waals surface area contributed by atoms with Crippen LogP contribution < -0.4 is 10.5 Å². The minimum Gasteiger partial charge on any atom is -0.491 e. The molecular formula is C11H17N3O. The predicted molar refractivity (Wildman–Crippen MR) is 60.2 cm³/mol. The van der Waals surface area contributed by atoms with Gasteiger partial charge in [0.05, 0.1) is 6.61 Å². The van der Waals surface area contributed by atoms with Gasteiger partial charge in [-0.15, -0.1) is 0 Å². The lowest BCUT2D eigenvalue weighted by atomic mass is 10.1. The molecule has 0 saturated carbocycles. The van der Waals surface area contributed by atoms with Crippen LogP contribution in [0.5, 0.6) is 5.75 Å². The number of aromatic nitrogens is 1. The average Bonchev–Trinajstić information content (AvgIpc) is 2.17. The summed E-state index contributed by atoms with van der Waals surface area (Å²) in [6.07, 6.45) is 2.58. The second kappa shape index (κ2) is 5.34. The van der Waals surface area contributed by atoms with E-state index in [4.69, 9.17) is 15.9 Å². The van der Waals surface area contributed by atoms with Crippen LogP contribution in [0.15, 0.2) is 18.3 Å². The number of hydrogen-bond acceptors (Lipinski definition) is 3. The smallest absolute Gasteiger partial charge is 0.148 e. The molecular weight excluding hydrogens is 190 g/mol. The lowest BCUT2D eigenvalue weighted by molar-refractivity contribution is 0.288. The zero-order valence-electron chi connectivity index (χ0n) is 9.16. The molecule has 0 aliphatic heterocycles. The van der Waals surface area contributed by atoms with E-state index in [9.17, 15) is 0 Å². The zero-order valence-corrected chi connectivity index (χ0v) is 9.16. The Morgan fingerprint density at radius 1 is 1.60 bits per heavy atom. The number of hydrogen-bond donors (Lipinski definition) is 2. The summed E-state index contributed by atoms with van der Waals surface area (Å²) in [5.41, 5.74) is 5.80. The molecule has 0 aliphatic rings. The molecule has 0 fully saturated rings. The van der Waals surface area contributed by atoms with Crippen molar-refractivity contribution in [2.24, 2.45) is 11.7 Å². The van der Waals surface area contributed by atoms with Gasteiger partial charge < -0.3 is 10.5 Å². The van der Waals surface area contributed by atoms with Gasteiger partial charge in [0, 0.05) is 6.20 Å². The topological polar surface area (TPSA) is 72.0 Å². The van der Waals surface area contributed by atoms with Gasteiger partial charge in [0.15, 0.2) is 0 Å². The van der Waals surface area contributed by atoms with Gasteiger partial charge in [-0.1, -0.05) is 13.8 Å². The largest absolute Gasteiger partial charge is 0.491 e. The number of amidine groups is 1. The molecule has 0 amide bonds. The van der Waals surface area contributed by atoms with Gasteiger partial charge in [-0.25, -0.2) is 4.98 Å². The zero-order chi connectivity index (χ0) is 11.3. The Balaban J connectivity index is 2.63. The van der Waals surface area contributed by atoms with Crippen molar-refractivity contribution < 1.29 is 4.74 Å². The Labute approximate surface area is 90.0 Å². The lowest BCUT2D eigenvalue weighted by Crippen LogP contribution is -2.15. The van der Waals surface area contributed by atoms with Crippen molar-refractivity contribution in [2.45, 2.75) is 20.3 Å². The highest BCUT2D eigenvalue weighted by atomic mass is 16.5. The molecule has 0 aromatic carbocycles. The Kier molecular flexibility index (Phi) is 4.09. The second-order valence-electron chi connectivity index (χ2n) is 3.79. The van der Waals surface area contributed by atoms with E-state index in [2.05, 4.69) is 18.8 Å². The summed E-state index contributed by atoms with van der Waals surface area (Å²) in [4.78, 5) is 4.00. The standard InChI is InChI=1S/C11H17N3O/c1-8(2)5-7-15-9-4-3-6-14-10(9)11(12)13/h3-4,6,8H,5,7H2,1-2H3,(H3,12,13). The molecule has 0 unspecified atom stereocenters. The van der Waals surface area contributed by atoms with Gasteiger partial charge in [-0.2, -0.15) is 0 Å². The summed E-state index contributed by atoms with van der Waals surface area (Å²) in [6, 6.07) is 3.56. The highest BCUT2D eigenvalue weighted by Crippen LogP contribution is 2.15. The maximum absolute atomic E-state index is 7.33. The maximum Gasteiger partial charge on any atom is 0.148 e. The van der Waals surface area contributed by atoms with Crippen LogP contribution >= 0.6 is 0 Å². The van der Waals surface area contributed by atoms with Gasteiger partial charge in [-0.05, 0) is 24.5 Å². The Morgan fingerprint density at radius 3 is 2.93 bits per heavy atom. The minimum absolute atomic E-state index is 0.0600. The number of nitrogens with two attached hydrogens (primary N) is 1. The van der Waals surface area contributed by atoms with Crippen molar-refractivity contribution in [1.82, 2.24) is 4.98 Å². The van der Waals surface area contributed by atoms with Crippen LogP contribution in [0, 0.1) is 11.3 Å². The molecule has 4 nitrogen and oxygen atoms in total. The van der Waals surface area contributed by atoms with Crippen LogP contribution in [0.4, 0.5) is 0 Å². The molecule has 3 N–H and O–H groups in total. The fourth-order valence-electron chi connectivity index (χ4n) is 1.11. The minimum atomic E-state index is -0.0600. The Hall–Kier alpha value is -1.58. The van der Waals surface area contributed by atoms with E-state index in [-0.39, 0.29) is 5.84 Å². The predicted octanol–water partition coefficient (Wildman–Crippen LogP) is 1.79. The van der Waals surface area contributed by atoms with Crippen LogP contribution in [-0.4, -0.2) is 17.4 Å². The van der Waals surface area contributed by atoms with E-state index in [0.29, 0.717) is 24.0 Å². The molecule has 1 aromatic heterocycles. The second-order valence-corrected chi connectivity index (χ2v) is 3.79. The van der Waals surface area contributed by atoms with E-state index < -0.39 is 0 Å². The van der Waals surface area contributed by atoms with E-state index in [1.807, 2.05) is 0 Å².